The van der Waals surface area contributed by atoms with Gasteiger partial charge in [-0.05, 0) is 54.8 Å². The topological polar surface area (TPSA) is 67.3 Å². The van der Waals surface area contributed by atoms with Gasteiger partial charge >= 0.3 is 0 Å². The maximum Gasteiger partial charge on any atom is 0.230 e. The summed E-state index contributed by atoms with van der Waals surface area (Å²) in [5, 5.41) is 0.580. The lowest BCUT2D eigenvalue weighted by Gasteiger charge is -2.20. The Labute approximate surface area is 192 Å². The fourth-order valence-electron chi connectivity index (χ4n) is 3.41. The fraction of sp³-hybridized carbons (Fsp3) is 0.200. The Morgan fingerprint density at radius 1 is 0.938 bits per heavy atom. The Morgan fingerprint density at radius 3 is 2.25 bits per heavy atom. The molecule has 0 aliphatic carbocycles. The third-order valence-electron chi connectivity index (χ3n) is 5.40. The van der Waals surface area contributed by atoms with Gasteiger partial charge in [0.15, 0.2) is 15.0 Å². The van der Waals surface area contributed by atoms with Crippen molar-refractivity contribution in [3.63, 3.8) is 0 Å². The van der Waals surface area contributed by atoms with E-state index in [4.69, 9.17) is 4.98 Å². The fourth-order valence-corrected chi connectivity index (χ4v) is 5.73. The van der Waals surface area contributed by atoms with Gasteiger partial charge < -0.3 is 0 Å². The van der Waals surface area contributed by atoms with Gasteiger partial charge in [-0.15, -0.1) is 0 Å². The maximum absolute atomic E-state index is 13.3. The van der Waals surface area contributed by atoms with Crippen molar-refractivity contribution in [2.24, 2.45) is 0 Å². The van der Waals surface area contributed by atoms with Gasteiger partial charge in [0.2, 0.25) is 5.91 Å². The lowest BCUT2D eigenvalue weighted by Crippen LogP contribution is -2.31. The number of fused-ring (bicyclic) bond motifs is 1. The van der Waals surface area contributed by atoms with Gasteiger partial charge in [-0.2, -0.15) is 0 Å². The number of carbonyl (C=O) groups excluding carboxylic acids is 1. The number of aromatic nitrogens is 1. The number of nitrogens with zero attached hydrogens (tertiary/aromatic N) is 2. The highest BCUT2D eigenvalue weighted by Gasteiger charge is 2.23. The Hall–Kier alpha value is -3.03. The van der Waals surface area contributed by atoms with Gasteiger partial charge in [-0.25, -0.2) is 13.4 Å². The molecule has 0 spiro atoms. The van der Waals surface area contributed by atoms with Crippen molar-refractivity contribution in [1.82, 2.24) is 4.98 Å². The minimum absolute atomic E-state index is 0.113. The van der Waals surface area contributed by atoms with Gasteiger partial charge in [-0.1, -0.05) is 59.9 Å². The van der Waals surface area contributed by atoms with Crippen molar-refractivity contribution in [3.05, 3.63) is 89.5 Å². The molecule has 0 radical (unpaired) electrons. The van der Waals surface area contributed by atoms with Crippen LogP contribution in [0.1, 0.15) is 23.1 Å². The van der Waals surface area contributed by atoms with Crippen LogP contribution in [0.5, 0.6) is 0 Å². The first-order valence-electron chi connectivity index (χ1n) is 10.3. The second-order valence-electron chi connectivity index (χ2n) is 7.75. The predicted octanol–water partition coefficient (Wildman–Crippen LogP) is 5.31. The van der Waals surface area contributed by atoms with Crippen molar-refractivity contribution in [2.45, 2.75) is 31.7 Å². The van der Waals surface area contributed by atoms with Crippen LogP contribution in [0.4, 0.5) is 5.13 Å². The van der Waals surface area contributed by atoms with Crippen LogP contribution in [0.25, 0.3) is 10.2 Å². The van der Waals surface area contributed by atoms with E-state index in [9.17, 15) is 13.2 Å². The third kappa shape index (κ3) is 4.89. The maximum atomic E-state index is 13.3. The molecule has 32 heavy (non-hydrogen) atoms. The summed E-state index contributed by atoms with van der Waals surface area (Å²) >= 11 is 1.45. The summed E-state index contributed by atoms with van der Waals surface area (Å²) in [6.45, 7) is 4.42. The highest BCUT2D eigenvalue weighted by Crippen LogP contribution is 2.32. The van der Waals surface area contributed by atoms with Crippen LogP contribution in [0.3, 0.4) is 0 Å². The molecule has 0 unspecified atom stereocenters. The molecular formula is C25H24N2O3S2. The molecule has 0 aliphatic heterocycles. The van der Waals surface area contributed by atoms with Crippen molar-refractivity contribution in [1.29, 1.82) is 0 Å². The van der Waals surface area contributed by atoms with Crippen LogP contribution in [0.15, 0.2) is 77.7 Å². The van der Waals surface area contributed by atoms with E-state index in [0.29, 0.717) is 11.7 Å². The van der Waals surface area contributed by atoms with E-state index in [1.807, 2.05) is 43.3 Å². The van der Waals surface area contributed by atoms with Gasteiger partial charge in [0.05, 0.1) is 27.4 Å². The molecule has 7 heteroatoms. The summed E-state index contributed by atoms with van der Waals surface area (Å²) < 4.78 is 26.4. The average molecular weight is 465 g/mol. The van der Waals surface area contributed by atoms with E-state index in [1.54, 1.807) is 35.2 Å². The van der Waals surface area contributed by atoms with Crippen molar-refractivity contribution in [3.8, 4) is 0 Å². The number of thiazole rings is 1. The molecule has 0 saturated heterocycles. The van der Waals surface area contributed by atoms with Crippen molar-refractivity contribution >= 4 is 42.4 Å². The van der Waals surface area contributed by atoms with Crippen LogP contribution < -0.4 is 4.90 Å². The number of aryl methyl sites for hydroxylation is 2. The molecule has 0 bridgehead atoms. The van der Waals surface area contributed by atoms with E-state index in [-0.39, 0.29) is 23.0 Å². The Kier molecular flexibility index (Phi) is 6.39. The smallest absolute Gasteiger partial charge is 0.230 e. The molecule has 4 aromatic rings. The molecule has 0 aliphatic rings. The molecule has 5 nitrogen and oxygen atoms in total. The van der Waals surface area contributed by atoms with Crippen molar-refractivity contribution in [2.75, 3.05) is 10.7 Å². The Balaban J connectivity index is 1.63. The lowest BCUT2D eigenvalue weighted by atomic mass is 10.1. The monoisotopic (exact) mass is 464 g/mol. The number of benzene rings is 3. The normalized spacial score (nSPS) is 11.6. The summed E-state index contributed by atoms with van der Waals surface area (Å²) in [5.41, 5.74) is 4.11. The van der Waals surface area contributed by atoms with Crippen LogP contribution in [-0.4, -0.2) is 25.1 Å². The highest BCUT2D eigenvalue weighted by molar-refractivity contribution is 7.91. The summed E-state index contributed by atoms with van der Waals surface area (Å²) in [6, 6.07) is 22.0. The molecular weight excluding hydrogens is 440 g/mol. The van der Waals surface area contributed by atoms with E-state index < -0.39 is 9.84 Å². The van der Waals surface area contributed by atoms with E-state index in [1.165, 1.54) is 16.9 Å². The molecule has 0 atom stereocenters. The van der Waals surface area contributed by atoms with Crippen LogP contribution in [0, 0.1) is 13.8 Å². The highest BCUT2D eigenvalue weighted by atomic mass is 32.2. The number of sulfone groups is 1. The summed E-state index contributed by atoms with van der Waals surface area (Å²) in [6.07, 6.45) is -0.113. The predicted molar refractivity (Wildman–Crippen MR) is 130 cm³/mol. The molecule has 1 amide bonds. The summed E-state index contributed by atoms with van der Waals surface area (Å²) in [4.78, 5) is 19.8. The number of rotatable bonds is 7. The molecule has 0 saturated carbocycles. The molecule has 0 N–H and O–H groups in total. The Bertz CT molecular complexity index is 1310. The minimum Gasteiger partial charge on any atom is -0.284 e. The van der Waals surface area contributed by atoms with E-state index in [2.05, 4.69) is 13.0 Å². The number of hydrogen-bond donors (Lipinski definition) is 0. The standard InChI is InChI=1S/C25H24N2O3S2/c1-18-15-22-23(16-19(18)2)31-25(26-22)27(17-20-9-5-3-6-10-20)24(28)13-14-32(29,30)21-11-7-4-8-12-21/h3-12,15-16H,13-14,17H2,1-2H3. The largest absolute Gasteiger partial charge is 0.284 e. The number of carbonyl (C=O) groups is 1. The lowest BCUT2D eigenvalue weighted by molar-refractivity contribution is -0.118. The van der Waals surface area contributed by atoms with Crippen LogP contribution in [-0.2, 0) is 21.2 Å². The first-order chi connectivity index (χ1) is 15.3. The second kappa shape index (κ2) is 9.22. The van der Waals surface area contributed by atoms with Crippen molar-refractivity contribution < 1.29 is 13.2 Å². The number of anilines is 1. The SMILES string of the molecule is Cc1cc2nc(N(Cc3ccccc3)C(=O)CCS(=O)(=O)c3ccccc3)sc2cc1C. The zero-order chi connectivity index (χ0) is 22.7. The van der Waals surface area contributed by atoms with E-state index >= 15 is 0 Å². The molecule has 4 rings (SSSR count). The van der Waals surface area contributed by atoms with E-state index in [0.717, 1.165) is 21.3 Å². The average Bonchev–Trinajstić information content (AvgIpc) is 3.19. The summed E-state index contributed by atoms with van der Waals surface area (Å²) in [5.74, 6) is -0.509. The van der Waals surface area contributed by atoms with Crippen LogP contribution in [0.2, 0.25) is 0 Å². The molecule has 1 heterocycles. The van der Waals surface area contributed by atoms with Gasteiger partial charge in [0.25, 0.3) is 0 Å². The molecule has 3 aromatic carbocycles. The zero-order valence-corrected chi connectivity index (χ0v) is 19.6. The van der Waals surface area contributed by atoms with Crippen LogP contribution >= 0.6 is 11.3 Å². The third-order valence-corrected chi connectivity index (χ3v) is 8.17. The number of amides is 1. The van der Waals surface area contributed by atoms with Gasteiger partial charge in [0.1, 0.15) is 0 Å². The molecule has 0 fully saturated rings. The first-order valence-corrected chi connectivity index (χ1v) is 12.8. The van der Waals surface area contributed by atoms with Gasteiger partial charge in [-0.3, -0.25) is 9.69 Å². The number of hydrogen-bond acceptors (Lipinski definition) is 5. The second-order valence-corrected chi connectivity index (χ2v) is 10.9. The minimum atomic E-state index is -3.54. The summed E-state index contributed by atoms with van der Waals surface area (Å²) in [7, 11) is -3.54. The Morgan fingerprint density at radius 2 is 1.56 bits per heavy atom. The quantitative estimate of drug-likeness (QED) is 0.372. The molecule has 164 valence electrons. The first kappa shape index (κ1) is 22.2. The zero-order valence-electron chi connectivity index (χ0n) is 18.0. The van der Waals surface area contributed by atoms with Gasteiger partial charge in [0, 0.05) is 6.42 Å². The molecule has 1 aromatic heterocycles.